The number of benzene rings is 2. The van der Waals surface area contributed by atoms with Gasteiger partial charge in [-0.2, -0.15) is 0 Å². The molecule has 1 amide bonds. The van der Waals surface area contributed by atoms with Crippen LogP contribution in [0.2, 0.25) is 0 Å². The molecular formula is C18H20N2O6S. The van der Waals surface area contributed by atoms with E-state index in [1.807, 2.05) is 0 Å². The lowest BCUT2D eigenvalue weighted by Crippen LogP contribution is -2.15. The van der Waals surface area contributed by atoms with Crippen molar-refractivity contribution in [2.45, 2.75) is 4.90 Å². The fourth-order valence-corrected chi connectivity index (χ4v) is 3.09. The third-order valence-electron chi connectivity index (χ3n) is 3.59. The predicted octanol–water partition coefficient (Wildman–Crippen LogP) is 2.01. The summed E-state index contributed by atoms with van der Waals surface area (Å²) in [6.07, 6.45) is 2.85. The van der Waals surface area contributed by atoms with Crippen LogP contribution in [0.25, 0.3) is 6.08 Å². The Hall–Kier alpha value is -3.04. The van der Waals surface area contributed by atoms with Crippen LogP contribution in [0.15, 0.2) is 47.4 Å². The second-order valence-electron chi connectivity index (χ2n) is 5.32. The highest BCUT2D eigenvalue weighted by molar-refractivity contribution is 7.89. The molecule has 3 N–H and O–H groups in total. The number of anilines is 1. The number of amides is 1. The van der Waals surface area contributed by atoms with E-state index in [9.17, 15) is 13.2 Å². The molecule has 2 aromatic rings. The molecule has 8 nitrogen and oxygen atoms in total. The number of rotatable bonds is 7. The third kappa shape index (κ3) is 4.99. The van der Waals surface area contributed by atoms with Crippen LogP contribution >= 0.6 is 0 Å². The Balaban J connectivity index is 2.23. The average Bonchev–Trinajstić information content (AvgIpc) is 2.65. The van der Waals surface area contributed by atoms with Crippen molar-refractivity contribution in [3.8, 4) is 17.2 Å². The van der Waals surface area contributed by atoms with Crippen molar-refractivity contribution in [1.29, 1.82) is 0 Å². The molecule has 0 aliphatic rings. The average molecular weight is 392 g/mol. The first kappa shape index (κ1) is 20.3. The first-order chi connectivity index (χ1) is 12.8. The van der Waals surface area contributed by atoms with Gasteiger partial charge in [0.25, 0.3) is 0 Å². The van der Waals surface area contributed by atoms with E-state index in [-0.39, 0.29) is 16.3 Å². The van der Waals surface area contributed by atoms with Gasteiger partial charge in [0.2, 0.25) is 15.9 Å². The van der Waals surface area contributed by atoms with Gasteiger partial charge in [-0.05, 0) is 30.3 Å². The molecule has 27 heavy (non-hydrogen) atoms. The summed E-state index contributed by atoms with van der Waals surface area (Å²) in [5.74, 6) is 0.649. The van der Waals surface area contributed by atoms with Crippen molar-refractivity contribution in [3.63, 3.8) is 0 Å². The quantitative estimate of drug-likeness (QED) is 0.696. The van der Waals surface area contributed by atoms with Gasteiger partial charge in [0, 0.05) is 17.3 Å². The van der Waals surface area contributed by atoms with Crippen LogP contribution in [-0.2, 0) is 14.8 Å². The number of nitrogens with one attached hydrogen (secondary N) is 1. The van der Waals surface area contributed by atoms with E-state index in [1.165, 1.54) is 45.6 Å². The second-order valence-corrected chi connectivity index (χ2v) is 6.85. The highest BCUT2D eigenvalue weighted by atomic mass is 32.2. The van der Waals surface area contributed by atoms with Gasteiger partial charge in [-0.1, -0.05) is 12.1 Å². The normalized spacial score (nSPS) is 11.3. The first-order valence-electron chi connectivity index (χ1n) is 7.71. The molecule has 0 atom stereocenters. The molecule has 0 spiro atoms. The van der Waals surface area contributed by atoms with Crippen LogP contribution in [0, 0.1) is 0 Å². The molecule has 0 heterocycles. The summed E-state index contributed by atoms with van der Waals surface area (Å²) in [5, 5.41) is 7.74. The molecular weight excluding hydrogens is 372 g/mol. The molecule has 0 saturated carbocycles. The molecule has 2 rings (SSSR count). The number of primary sulfonamides is 1. The Labute approximate surface area is 157 Å². The van der Waals surface area contributed by atoms with Crippen molar-refractivity contribution in [2.75, 3.05) is 26.6 Å². The van der Waals surface area contributed by atoms with Crippen LogP contribution < -0.4 is 24.7 Å². The number of hydrogen-bond acceptors (Lipinski definition) is 6. The van der Waals surface area contributed by atoms with Crippen LogP contribution in [0.5, 0.6) is 17.2 Å². The zero-order valence-corrected chi connectivity index (χ0v) is 15.9. The van der Waals surface area contributed by atoms with Crippen LogP contribution in [0.4, 0.5) is 5.69 Å². The minimum absolute atomic E-state index is 0.0900. The maximum Gasteiger partial charge on any atom is 0.248 e. The van der Waals surface area contributed by atoms with Crippen LogP contribution in [0.1, 0.15) is 5.56 Å². The van der Waals surface area contributed by atoms with Gasteiger partial charge in [-0.3, -0.25) is 4.79 Å². The highest BCUT2D eigenvalue weighted by Crippen LogP contribution is 2.31. The van der Waals surface area contributed by atoms with Gasteiger partial charge >= 0.3 is 0 Å². The number of nitrogens with two attached hydrogens (primary N) is 1. The molecule has 0 saturated heterocycles. The summed E-state index contributed by atoms with van der Waals surface area (Å²) in [7, 11) is 0.345. The van der Waals surface area contributed by atoms with E-state index in [1.54, 1.807) is 24.3 Å². The molecule has 144 valence electrons. The zero-order chi connectivity index (χ0) is 20.0. The standard InChI is InChI=1S/C18H20N2O6S/c1-24-14-9-8-13(11-16(14)27(19,22)23)20-17(21)10-7-12-5-4-6-15(25-2)18(12)26-3/h4-11H,1-3H3,(H,20,21)(H2,19,22,23)/b10-7+. The van der Waals surface area contributed by atoms with Crippen molar-refractivity contribution in [2.24, 2.45) is 5.14 Å². The van der Waals surface area contributed by atoms with Gasteiger partial charge in [-0.15, -0.1) is 0 Å². The van der Waals surface area contributed by atoms with E-state index in [0.29, 0.717) is 17.1 Å². The van der Waals surface area contributed by atoms with E-state index in [0.717, 1.165) is 0 Å². The SMILES string of the molecule is COc1ccc(NC(=O)/C=C/c2cccc(OC)c2OC)cc1S(N)(=O)=O. The topological polar surface area (TPSA) is 117 Å². The van der Waals surface area contributed by atoms with Crippen molar-refractivity contribution in [1.82, 2.24) is 0 Å². The lowest BCUT2D eigenvalue weighted by Gasteiger charge is -2.10. The smallest absolute Gasteiger partial charge is 0.248 e. The zero-order valence-electron chi connectivity index (χ0n) is 15.1. The van der Waals surface area contributed by atoms with Gasteiger partial charge in [0.05, 0.1) is 21.3 Å². The van der Waals surface area contributed by atoms with Crippen LogP contribution in [-0.4, -0.2) is 35.7 Å². The van der Waals surface area contributed by atoms with Gasteiger partial charge < -0.3 is 19.5 Å². The molecule has 0 aromatic heterocycles. The number of ether oxygens (including phenoxy) is 3. The number of sulfonamides is 1. The molecule has 0 fully saturated rings. The lowest BCUT2D eigenvalue weighted by atomic mass is 10.1. The largest absolute Gasteiger partial charge is 0.495 e. The number of methoxy groups -OCH3 is 3. The molecule has 0 aliphatic heterocycles. The second kappa shape index (κ2) is 8.56. The molecule has 9 heteroatoms. The van der Waals surface area contributed by atoms with Crippen molar-refractivity contribution >= 4 is 27.7 Å². The number of carbonyl (C=O) groups excluding carboxylic acids is 1. The number of hydrogen-bond donors (Lipinski definition) is 2. The summed E-state index contributed by atoms with van der Waals surface area (Å²) in [5.41, 5.74) is 0.902. The first-order valence-corrected chi connectivity index (χ1v) is 9.25. The Morgan fingerprint density at radius 2 is 1.74 bits per heavy atom. The van der Waals surface area contributed by atoms with Gasteiger partial charge in [-0.25, -0.2) is 13.6 Å². The summed E-state index contributed by atoms with van der Waals surface area (Å²) < 4.78 is 38.7. The van der Waals surface area contributed by atoms with E-state index < -0.39 is 15.9 Å². The molecule has 0 unspecified atom stereocenters. The maximum absolute atomic E-state index is 12.2. The summed E-state index contributed by atoms with van der Waals surface area (Å²) in [6, 6.07) is 9.41. The van der Waals surface area contributed by atoms with Crippen molar-refractivity contribution < 1.29 is 27.4 Å². The minimum Gasteiger partial charge on any atom is -0.495 e. The van der Waals surface area contributed by atoms with Crippen molar-refractivity contribution in [3.05, 3.63) is 48.0 Å². The summed E-state index contributed by atoms with van der Waals surface area (Å²) >= 11 is 0. The van der Waals surface area contributed by atoms with Gasteiger partial charge in [0.15, 0.2) is 11.5 Å². The van der Waals surface area contributed by atoms with E-state index in [4.69, 9.17) is 19.3 Å². The molecule has 0 bridgehead atoms. The number of carbonyl (C=O) groups is 1. The third-order valence-corrected chi connectivity index (χ3v) is 4.52. The summed E-state index contributed by atoms with van der Waals surface area (Å²) in [6.45, 7) is 0. The van der Waals surface area contributed by atoms with Crippen LogP contribution in [0.3, 0.4) is 0 Å². The Bertz CT molecular complexity index is 970. The fraction of sp³-hybridized carbons (Fsp3) is 0.167. The monoisotopic (exact) mass is 392 g/mol. The van der Waals surface area contributed by atoms with E-state index >= 15 is 0 Å². The van der Waals surface area contributed by atoms with Gasteiger partial charge in [0.1, 0.15) is 10.6 Å². The number of para-hydroxylation sites is 1. The Kier molecular flexibility index (Phi) is 6.43. The highest BCUT2D eigenvalue weighted by Gasteiger charge is 2.16. The summed E-state index contributed by atoms with van der Waals surface area (Å²) in [4.78, 5) is 12.0. The minimum atomic E-state index is -4.00. The maximum atomic E-state index is 12.2. The molecule has 2 aromatic carbocycles. The molecule has 0 aliphatic carbocycles. The lowest BCUT2D eigenvalue weighted by molar-refractivity contribution is -0.111. The Morgan fingerprint density at radius 1 is 1.04 bits per heavy atom. The molecule has 0 radical (unpaired) electrons. The Morgan fingerprint density at radius 3 is 2.33 bits per heavy atom. The predicted molar refractivity (Wildman–Crippen MR) is 102 cm³/mol. The van der Waals surface area contributed by atoms with E-state index in [2.05, 4.69) is 5.32 Å². The fourth-order valence-electron chi connectivity index (χ4n) is 2.37.